The van der Waals surface area contributed by atoms with E-state index in [9.17, 15) is 0 Å². The van der Waals surface area contributed by atoms with Gasteiger partial charge in [0.2, 0.25) is 0 Å². The number of fused-ring (bicyclic) bond motifs is 7. The molecular formula is C40H25NOS. The van der Waals surface area contributed by atoms with Crippen LogP contribution in [-0.4, -0.2) is 0 Å². The largest absolute Gasteiger partial charge is 0.456 e. The Hall–Kier alpha value is -5.38. The highest BCUT2D eigenvalue weighted by Gasteiger charge is 2.24. The zero-order valence-electron chi connectivity index (χ0n) is 23.2. The lowest BCUT2D eigenvalue weighted by Gasteiger charge is -2.29. The summed E-state index contributed by atoms with van der Waals surface area (Å²) in [6, 6.07) is 54.3. The van der Waals surface area contributed by atoms with Gasteiger partial charge in [-0.15, -0.1) is 11.3 Å². The fourth-order valence-corrected chi connectivity index (χ4v) is 7.73. The number of hydrogen-bond donors (Lipinski definition) is 0. The van der Waals surface area contributed by atoms with Gasteiger partial charge in [-0.25, -0.2) is 0 Å². The van der Waals surface area contributed by atoms with Crippen LogP contribution in [0.25, 0.3) is 64.0 Å². The first-order valence-electron chi connectivity index (χ1n) is 14.5. The number of thiophene rings is 1. The number of para-hydroxylation sites is 1. The van der Waals surface area contributed by atoms with Crippen LogP contribution in [0.4, 0.5) is 17.1 Å². The van der Waals surface area contributed by atoms with E-state index in [4.69, 9.17) is 4.42 Å². The van der Waals surface area contributed by atoms with Crippen molar-refractivity contribution in [3.63, 3.8) is 0 Å². The maximum Gasteiger partial charge on any atom is 0.137 e. The summed E-state index contributed by atoms with van der Waals surface area (Å²) in [5.41, 5.74) is 7.54. The van der Waals surface area contributed by atoms with Crippen LogP contribution in [0.3, 0.4) is 0 Å². The smallest absolute Gasteiger partial charge is 0.137 e. The highest BCUT2D eigenvalue weighted by molar-refractivity contribution is 7.26. The molecule has 0 N–H and O–H groups in total. The van der Waals surface area contributed by atoms with Crippen LogP contribution in [0, 0.1) is 0 Å². The van der Waals surface area contributed by atoms with Crippen molar-refractivity contribution in [3.8, 4) is 11.1 Å². The van der Waals surface area contributed by atoms with Gasteiger partial charge in [0.15, 0.2) is 0 Å². The van der Waals surface area contributed by atoms with Crippen LogP contribution < -0.4 is 4.90 Å². The standard InChI is InChI=1S/C40H25NOS/c1-2-11-27(12-3-1)30-23-24-34-33-17-7-9-20-38(33)43-40(34)39(30)41(35-18-10-14-26-13-4-5-15-29(26)35)28-21-22-32-31-16-6-8-19-36(31)42-37(32)25-28/h1-25H. The number of rotatable bonds is 4. The van der Waals surface area contributed by atoms with E-state index in [1.54, 1.807) is 0 Å². The third-order valence-corrected chi connectivity index (χ3v) is 9.65. The molecule has 9 aromatic rings. The lowest BCUT2D eigenvalue weighted by atomic mass is 9.98. The summed E-state index contributed by atoms with van der Waals surface area (Å²) in [7, 11) is 0. The Kier molecular flexibility index (Phi) is 5.40. The van der Waals surface area contributed by atoms with Crippen molar-refractivity contribution in [2.24, 2.45) is 0 Å². The number of nitrogens with zero attached hydrogens (tertiary/aromatic N) is 1. The van der Waals surface area contributed by atoms with Crippen molar-refractivity contribution < 1.29 is 4.42 Å². The number of hydrogen-bond acceptors (Lipinski definition) is 3. The van der Waals surface area contributed by atoms with Crippen LogP contribution in [0.1, 0.15) is 0 Å². The van der Waals surface area contributed by atoms with Crippen molar-refractivity contribution in [2.45, 2.75) is 0 Å². The molecule has 0 aliphatic heterocycles. The Bertz CT molecular complexity index is 2460. The first kappa shape index (κ1) is 24.2. The highest BCUT2D eigenvalue weighted by atomic mass is 32.1. The first-order chi connectivity index (χ1) is 21.3. The van der Waals surface area contributed by atoms with Crippen LogP contribution in [0.15, 0.2) is 156 Å². The van der Waals surface area contributed by atoms with E-state index in [0.717, 1.165) is 33.3 Å². The van der Waals surface area contributed by atoms with Gasteiger partial charge in [-0.1, -0.05) is 115 Å². The second-order valence-electron chi connectivity index (χ2n) is 10.9. The summed E-state index contributed by atoms with van der Waals surface area (Å²) in [5, 5.41) is 7.23. The average molecular weight is 568 g/mol. The van der Waals surface area contributed by atoms with Crippen molar-refractivity contribution in [2.75, 3.05) is 4.90 Å². The summed E-state index contributed by atoms with van der Waals surface area (Å²) in [6.45, 7) is 0. The monoisotopic (exact) mass is 567 g/mol. The summed E-state index contributed by atoms with van der Waals surface area (Å²) in [5.74, 6) is 0. The van der Waals surface area contributed by atoms with Gasteiger partial charge < -0.3 is 9.32 Å². The van der Waals surface area contributed by atoms with Gasteiger partial charge in [0, 0.05) is 48.9 Å². The zero-order valence-corrected chi connectivity index (χ0v) is 24.0. The maximum absolute atomic E-state index is 6.43. The maximum atomic E-state index is 6.43. The predicted octanol–water partition coefficient (Wildman–Crippen LogP) is 12.2. The fraction of sp³-hybridized carbons (Fsp3) is 0. The number of benzene rings is 7. The molecule has 2 aromatic heterocycles. The molecule has 0 bridgehead atoms. The van der Waals surface area contributed by atoms with E-state index in [1.165, 1.54) is 47.8 Å². The molecule has 0 unspecified atom stereocenters. The Labute approximate surface area is 252 Å². The number of furan rings is 1. The van der Waals surface area contributed by atoms with E-state index in [1.807, 2.05) is 23.5 Å². The molecule has 3 heteroatoms. The second kappa shape index (κ2) is 9.59. The third kappa shape index (κ3) is 3.79. The lowest BCUT2D eigenvalue weighted by molar-refractivity contribution is 0.669. The molecule has 0 amide bonds. The normalized spacial score (nSPS) is 11.7. The van der Waals surface area contributed by atoms with Crippen LogP contribution >= 0.6 is 11.3 Å². The fourth-order valence-electron chi connectivity index (χ4n) is 6.49. The average Bonchev–Trinajstić information content (AvgIpc) is 3.64. The molecule has 202 valence electrons. The minimum Gasteiger partial charge on any atom is -0.456 e. The van der Waals surface area contributed by atoms with Gasteiger partial charge in [0.05, 0.1) is 16.1 Å². The molecule has 43 heavy (non-hydrogen) atoms. The minimum atomic E-state index is 0.883. The molecule has 0 radical (unpaired) electrons. The summed E-state index contributed by atoms with van der Waals surface area (Å²) < 4.78 is 8.98. The van der Waals surface area contributed by atoms with Gasteiger partial charge in [-0.3, -0.25) is 0 Å². The van der Waals surface area contributed by atoms with Gasteiger partial charge >= 0.3 is 0 Å². The SMILES string of the molecule is c1ccc(-c2ccc3c(sc4ccccc43)c2N(c2ccc3c(c2)oc2ccccc23)c2cccc3ccccc23)cc1. The van der Waals surface area contributed by atoms with Gasteiger partial charge in [0.1, 0.15) is 11.2 Å². The molecular weight excluding hydrogens is 543 g/mol. The van der Waals surface area contributed by atoms with Gasteiger partial charge in [0.25, 0.3) is 0 Å². The van der Waals surface area contributed by atoms with E-state index in [0.29, 0.717) is 0 Å². The molecule has 0 fully saturated rings. The molecule has 0 atom stereocenters. The molecule has 9 rings (SSSR count). The van der Waals surface area contributed by atoms with Crippen molar-refractivity contribution in [1.82, 2.24) is 0 Å². The Morgan fingerprint density at radius 2 is 1.19 bits per heavy atom. The Morgan fingerprint density at radius 1 is 0.488 bits per heavy atom. The highest BCUT2D eigenvalue weighted by Crippen LogP contribution is 2.51. The molecule has 2 nitrogen and oxygen atoms in total. The van der Waals surface area contributed by atoms with Gasteiger partial charge in [-0.2, -0.15) is 0 Å². The first-order valence-corrected chi connectivity index (χ1v) is 15.3. The number of anilines is 3. The van der Waals surface area contributed by atoms with E-state index in [2.05, 4.69) is 144 Å². The van der Waals surface area contributed by atoms with Gasteiger partial charge in [-0.05, 0) is 41.3 Å². The van der Waals surface area contributed by atoms with Crippen LogP contribution in [0.2, 0.25) is 0 Å². The van der Waals surface area contributed by atoms with Crippen LogP contribution in [-0.2, 0) is 0 Å². The molecule has 2 heterocycles. The molecule has 0 aliphatic rings. The topological polar surface area (TPSA) is 16.4 Å². The Morgan fingerprint density at radius 3 is 2.09 bits per heavy atom. The van der Waals surface area contributed by atoms with E-state index < -0.39 is 0 Å². The predicted molar refractivity (Wildman–Crippen MR) is 184 cm³/mol. The molecule has 0 aliphatic carbocycles. The van der Waals surface area contributed by atoms with E-state index in [-0.39, 0.29) is 0 Å². The summed E-state index contributed by atoms with van der Waals surface area (Å²) >= 11 is 1.86. The van der Waals surface area contributed by atoms with Crippen molar-refractivity contribution >= 4 is 81.3 Å². The quantitative estimate of drug-likeness (QED) is 0.210. The zero-order chi connectivity index (χ0) is 28.3. The summed E-state index contributed by atoms with van der Waals surface area (Å²) in [6.07, 6.45) is 0. The second-order valence-corrected chi connectivity index (χ2v) is 12.0. The lowest BCUT2D eigenvalue weighted by Crippen LogP contribution is -2.12. The van der Waals surface area contributed by atoms with Crippen molar-refractivity contribution in [1.29, 1.82) is 0 Å². The Balaban J connectivity index is 1.43. The van der Waals surface area contributed by atoms with Crippen molar-refractivity contribution in [3.05, 3.63) is 152 Å². The van der Waals surface area contributed by atoms with Crippen LogP contribution in [0.5, 0.6) is 0 Å². The molecule has 0 saturated heterocycles. The molecule has 7 aromatic carbocycles. The minimum absolute atomic E-state index is 0.883. The summed E-state index contributed by atoms with van der Waals surface area (Å²) in [4.78, 5) is 2.45. The third-order valence-electron chi connectivity index (χ3n) is 8.46. The van der Waals surface area contributed by atoms with E-state index >= 15 is 0 Å². The molecule has 0 spiro atoms. The molecule has 0 saturated carbocycles.